The summed E-state index contributed by atoms with van der Waals surface area (Å²) in [6.45, 7) is 7.27. The lowest BCUT2D eigenvalue weighted by atomic mass is 10.0. The normalized spacial score (nSPS) is 11.2. The summed E-state index contributed by atoms with van der Waals surface area (Å²) in [7, 11) is 0. The molecule has 0 aliphatic rings. The van der Waals surface area contributed by atoms with E-state index in [1.165, 1.54) is 11.1 Å². The number of aromatic amines is 1. The number of nitrogens with one attached hydrogen (secondary N) is 2. The van der Waals surface area contributed by atoms with Crippen LogP contribution < -0.4 is 5.32 Å². The number of carbonyl (C=O) groups is 1. The predicted molar refractivity (Wildman–Crippen MR) is 136 cm³/mol. The first-order valence-corrected chi connectivity index (χ1v) is 11.7. The van der Waals surface area contributed by atoms with Gasteiger partial charge in [-0.25, -0.2) is 4.98 Å². The van der Waals surface area contributed by atoms with E-state index in [4.69, 9.17) is 0 Å². The maximum atomic E-state index is 12.8. The van der Waals surface area contributed by atoms with Crippen molar-refractivity contribution in [2.24, 2.45) is 0 Å². The Bertz CT molecular complexity index is 1500. The van der Waals surface area contributed by atoms with E-state index in [-0.39, 0.29) is 5.91 Å². The molecule has 0 bridgehead atoms. The van der Waals surface area contributed by atoms with Crippen LogP contribution in [0.1, 0.15) is 49.4 Å². The highest BCUT2D eigenvalue weighted by Gasteiger charge is 2.11. The standard InChI is InChI=1S/C28H28N6O/c1-18-11-32-34(16-18)17-22-6-4-21(5-7-22)9-23-10-24(13-29-12-23)28(35)31-15-25-14-30-27-26(20(25)3)8-19(2)33-27/h4-8,10-14,16H,9,15,17H2,1-3H3,(H,30,33)(H,31,35). The van der Waals surface area contributed by atoms with Gasteiger partial charge < -0.3 is 10.3 Å². The van der Waals surface area contributed by atoms with Crippen molar-refractivity contribution in [3.8, 4) is 0 Å². The zero-order valence-electron chi connectivity index (χ0n) is 20.2. The van der Waals surface area contributed by atoms with Gasteiger partial charge in [0.25, 0.3) is 5.91 Å². The smallest absolute Gasteiger partial charge is 0.253 e. The van der Waals surface area contributed by atoms with E-state index in [0.29, 0.717) is 18.5 Å². The summed E-state index contributed by atoms with van der Waals surface area (Å²) < 4.78 is 1.94. The fraction of sp³-hybridized carbons (Fsp3) is 0.214. The average molecular weight is 465 g/mol. The van der Waals surface area contributed by atoms with Gasteiger partial charge in [-0.2, -0.15) is 5.10 Å². The lowest BCUT2D eigenvalue weighted by Gasteiger charge is -2.10. The number of pyridine rings is 2. The van der Waals surface area contributed by atoms with Crippen molar-refractivity contribution < 1.29 is 4.79 Å². The molecule has 0 unspecified atom stereocenters. The van der Waals surface area contributed by atoms with Crippen molar-refractivity contribution >= 4 is 16.9 Å². The van der Waals surface area contributed by atoms with Crippen LogP contribution in [0.4, 0.5) is 0 Å². The zero-order valence-corrected chi connectivity index (χ0v) is 20.2. The Morgan fingerprint density at radius 3 is 2.54 bits per heavy atom. The quantitative estimate of drug-likeness (QED) is 0.367. The molecule has 4 heterocycles. The van der Waals surface area contributed by atoms with Gasteiger partial charge in [-0.3, -0.25) is 14.5 Å². The molecule has 7 heteroatoms. The van der Waals surface area contributed by atoms with Gasteiger partial charge in [-0.1, -0.05) is 24.3 Å². The molecule has 4 aromatic heterocycles. The van der Waals surface area contributed by atoms with Crippen molar-refractivity contribution in [2.75, 3.05) is 0 Å². The minimum Gasteiger partial charge on any atom is -0.348 e. The Morgan fingerprint density at radius 1 is 0.971 bits per heavy atom. The highest BCUT2D eigenvalue weighted by Crippen LogP contribution is 2.20. The van der Waals surface area contributed by atoms with Crippen molar-refractivity contribution in [3.63, 3.8) is 0 Å². The van der Waals surface area contributed by atoms with Crippen LogP contribution in [0.5, 0.6) is 0 Å². The summed E-state index contributed by atoms with van der Waals surface area (Å²) in [5.41, 5.74) is 9.13. The van der Waals surface area contributed by atoms with Gasteiger partial charge >= 0.3 is 0 Å². The molecule has 0 aliphatic carbocycles. The van der Waals surface area contributed by atoms with E-state index in [0.717, 1.165) is 45.5 Å². The SMILES string of the molecule is Cc1cnn(Cc2ccc(Cc3cncc(C(=O)NCc4cnc5[nH]c(C)cc5c4C)c3)cc2)c1. The molecule has 2 N–H and O–H groups in total. The molecular formula is C28H28N6O. The summed E-state index contributed by atoms with van der Waals surface area (Å²) in [6.07, 6.45) is 9.85. The minimum atomic E-state index is -0.144. The number of fused-ring (bicyclic) bond motifs is 1. The molecular weight excluding hydrogens is 436 g/mol. The van der Waals surface area contributed by atoms with Crippen molar-refractivity contribution in [3.05, 3.63) is 112 Å². The molecule has 1 aromatic carbocycles. The first-order chi connectivity index (χ1) is 16.9. The second-order valence-corrected chi connectivity index (χ2v) is 9.10. The summed E-state index contributed by atoms with van der Waals surface area (Å²) in [5, 5.41) is 8.45. The summed E-state index contributed by atoms with van der Waals surface area (Å²) >= 11 is 0. The van der Waals surface area contributed by atoms with E-state index < -0.39 is 0 Å². The third kappa shape index (κ3) is 5.14. The monoisotopic (exact) mass is 464 g/mol. The molecule has 35 heavy (non-hydrogen) atoms. The van der Waals surface area contributed by atoms with Crippen molar-refractivity contribution in [1.29, 1.82) is 0 Å². The van der Waals surface area contributed by atoms with Gasteiger partial charge in [0, 0.05) is 42.4 Å². The number of aryl methyl sites for hydroxylation is 3. The predicted octanol–water partition coefficient (Wildman–Crippen LogP) is 4.65. The number of aromatic nitrogens is 5. The summed E-state index contributed by atoms with van der Waals surface area (Å²) in [5.74, 6) is -0.144. The molecule has 1 amide bonds. The Hall–Kier alpha value is -4.26. The van der Waals surface area contributed by atoms with E-state index in [9.17, 15) is 4.79 Å². The van der Waals surface area contributed by atoms with Crippen LogP contribution in [0.25, 0.3) is 11.0 Å². The van der Waals surface area contributed by atoms with Crippen LogP contribution in [0, 0.1) is 20.8 Å². The number of hydrogen-bond acceptors (Lipinski definition) is 4. The highest BCUT2D eigenvalue weighted by molar-refractivity contribution is 5.94. The van der Waals surface area contributed by atoms with Crippen LogP contribution in [0.3, 0.4) is 0 Å². The Morgan fingerprint density at radius 2 is 1.77 bits per heavy atom. The fourth-order valence-corrected chi connectivity index (χ4v) is 4.28. The van der Waals surface area contributed by atoms with Gasteiger partial charge in [-0.15, -0.1) is 0 Å². The van der Waals surface area contributed by atoms with E-state index >= 15 is 0 Å². The fourth-order valence-electron chi connectivity index (χ4n) is 4.28. The molecule has 0 spiro atoms. The maximum absolute atomic E-state index is 12.8. The number of amides is 1. The highest BCUT2D eigenvalue weighted by atomic mass is 16.1. The van der Waals surface area contributed by atoms with Crippen molar-refractivity contribution in [1.82, 2.24) is 30.0 Å². The van der Waals surface area contributed by atoms with Crippen LogP contribution in [-0.4, -0.2) is 30.6 Å². The first kappa shape index (κ1) is 22.5. The van der Waals surface area contributed by atoms with Gasteiger partial charge in [0.2, 0.25) is 0 Å². The number of hydrogen-bond donors (Lipinski definition) is 2. The molecule has 0 saturated heterocycles. The molecule has 0 aliphatic heterocycles. The maximum Gasteiger partial charge on any atom is 0.253 e. The van der Waals surface area contributed by atoms with Crippen LogP contribution in [0.2, 0.25) is 0 Å². The number of H-pyrrole nitrogens is 1. The van der Waals surface area contributed by atoms with Gasteiger partial charge in [0.15, 0.2) is 0 Å². The lowest BCUT2D eigenvalue weighted by Crippen LogP contribution is -2.23. The molecule has 0 saturated carbocycles. The number of carbonyl (C=O) groups excluding carboxylic acids is 1. The minimum absolute atomic E-state index is 0.144. The molecule has 176 valence electrons. The molecule has 0 atom stereocenters. The van der Waals surface area contributed by atoms with E-state index in [2.05, 4.69) is 62.6 Å². The molecule has 0 radical (unpaired) electrons. The van der Waals surface area contributed by atoms with Gasteiger partial charge in [-0.05, 0) is 72.7 Å². The second-order valence-electron chi connectivity index (χ2n) is 9.10. The molecule has 5 rings (SSSR count). The largest absolute Gasteiger partial charge is 0.348 e. The number of rotatable bonds is 7. The third-order valence-electron chi connectivity index (χ3n) is 6.20. The van der Waals surface area contributed by atoms with E-state index in [1.54, 1.807) is 6.20 Å². The third-order valence-corrected chi connectivity index (χ3v) is 6.20. The van der Waals surface area contributed by atoms with Gasteiger partial charge in [0.1, 0.15) is 5.65 Å². The van der Waals surface area contributed by atoms with Crippen LogP contribution in [-0.2, 0) is 19.5 Å². The topological polar surface area (TPSA) is 88.5 Å². The molecule has 0 fully saturated rings. The summed E-state index contributed by atoms with van der Waals surface area (Å²) in [6, 6.07) is 12.5. The number of benzene rings is 1. The van der Waals surface area contributed by atoms with E-state index in [1.807, 2.05) is 49.4 Å². The Labute approximate surface area is 204 Å². The lowest BCUT2D eigenvalue weighted by molar-refractivity contribution is 0.0950. The summed E-state index contributed by atoms with van der Waals surface area (Å²) in [4.78, 5) is 24.9. The van der Waals surface area contributed by atoms with Crippen LogP contribution >= 0.6 is 0 Å². The zero-order chi connectivity index (χ0) is 24.4. The van der Waals surface area contributed by atoms with Gasteiger partial charge in [0.05, 0.1) is 18.3 Å². The van der Waals surface area contributed by atoms with Crippen LogP contribution in [0.15, 0.2) is 67.4 Å². The van der Waals surface area contributed by atoms with Crippen molar-refractivity contribution in [2.45, 2.75) is 40.3 Å². The molecule has 5 aromatic rings. The second kappa shape index (κ2) is 9.54. The Kier molecular flexibility index (Phi) is 6.14. The average Bonchev–Trinajstić information content (AvgIpc) is 3.44. The Balaban J connectivity index is 1.22. The first-order valence-electron chi connectivity index (χ1n) is 11.7. The number of nitrogens with zero attached hydrogens (tertiary/aromatic N) is 4. The molecule has 7 nitrogen and oxygen atoms in total.